The maximum absolute atomic E-state index is 10.2. The van der Waals surface area contributed by atoms with Crippen molar-refractivity contribution in [2.24, 2.45) is 0 Å². The maximum Gasteiger partial charge on any atom is 0.174 e. The van der Waals surface area contributed by atoms with Crippen LogP contribution in [0.15, 0.2) is 12.3 Å². The fourth-order valence-electron chi connectivity index (χ4n) is 1.10. The molecular weight excluding hydrogens is 212 g/mol. The third-order valence-corrected chi connectivity index (χ3v) is 2.22. The summed E-state index contributed by atoms with van der Waals surface area (Å²) in [5.41, 5.74) is 0.458. The summed E-state index contributed by atoms with van der Waals surface area (Å²) >= 11 is 0. The monoisotopic (exact) mass is 244 g/mol. The molecule has 1 aliphatic rings. The number of allylic oxidation sites excluding steroid dienone is 1. The molecule has 0 amide bonds. The first-order valence-corrected chi connectivity index (χ1v) is 6.21. The van der Waals surface area contributed by atoms with Crippen molar-refractivity contribution >= 4 is 5.78 Å². The van der Waals surface area contributed by atoms with Gasteiger partial charge in [-0.25, -0.2) is 0 Å². The van der Waals surface area contributed by atoms with Crippen LogP contribution in [0.1, 0.15) is 48.0 Å². The predicted molar refractivity (Wildman–Crippen MR) is 78.3 cm³/mol. The van der Waals surface area contributed by atoms with Gasteiger partial charge in [0, 0.05) is 14.0 Å². The summed E-state index contributed by atoms with van der Waals surface area (Å²) in [7, 11) is 1.67. The van der Waals surface area contributed by atoms with Crippen molar-refractivity contribution in [2.45, 2.75) is 48.0 Å². The van der Waals surface area contributed by atoms with E-state index in [1.807, 2.05) is 13.8 Å². The van der Waals surface area contributed by atoms with Crippen LogP contribution in [-0.2, 0) is 4.79 Å². The van der Waals surface area contributed by atoms with Crippen LogP contribution in [-0.4, -0.2) is 37.4 Å². The maximum atomic E-state index is 10.2. The quantitative estimate of drug-likeness (QED) is 0.771. The molecule has 0 aromatic rings. The lowest BCUT2D eigenvalue weighted by atomic mass is 10.2. The minimum absolute atomic E-state index is 0. The van der Waals surface area contributed by atoms with Gasteiger partial charge in [0.25, 0.3) is 0 Å². The van der Waals surface area contributed by atoms with Crippen LogP contribution in [0.2, 0.25) is 0 Å². The van der Waals surface area contributed by atoms with Crippen molar-refractivity contribution < 1.29 is 4.79 Å². The van der Waals surface area contributed by atoms with Gasteiger partial charge < -0.3 is 10.2 Å². The molecule has 1 N–H and O–H groups in total. The SMILES string of the molecule is C.C=C(NC)C(C)=O.CC.CCCN1CCC1. The zero-order valence-electron chi connectivity index (χ0n) is 11.6. The average molecular weight is 244 g/mol. The minimum Gasteiger partial charge on any atom is -0.386 e. The Balaban J connectivity index is -0.000000191. The highest BCUT2D eigenvalue weighted by Crippen LogP contribution is 2.04. The average Bonchev–Trinajstić information content (AvgIpc) is 2.26. The van der Waals surface area contributed by atoms with Crippen LogP contribution in [0.25, 0.3) is 0 Å². The smallest absolute Gasteiger partial charge is 0.174 e. The van der Waals surface area contributed by atoms with E-state index in [-0.39, 0.29) is 13.2 Å². The molecule has 3 nitrogen and oxygen atoms in total. The highest BCUT2D eigenvalue weighted by Gasteiger charge is 2.10. The number of Topliss-reactive ketones (excluding diaryl/α,β-unsaturated/α-hetero) is 1. The van der Waals surface area contributed by atoms with Crippen molar-refractivity contribution in [3.8, 4) is 0 Å². The van der Waals surface area contributed by atoms with Gasteiger partial charge in [-0.05, 0) is 32.5 Å². The summed E-state index contributed by atoms with van der Waals surface area (Å²) in [6.45, 7) is 15.1. The molecule has 0 spiro atoms. The number of likely N-dealkylation sites (N-methyl/N-ethyl adjacent to an activating group) is 1. The van der Waals surface area contributed by atoms with Crippen molar-refractivity contribution in [1.29, 1.82) is 0 Å². The Kier molecular flexibility index (Phi) is 19.1. The Morgan fingerprint density at radius 1 is 1.35 bits per heavy atom. The van der Waals surface area contributed by atoms with Gasteiger partial charge in [0.15, 0.2) is 5.78 Å². The fourth-order valence-corrected chi connectivity index (χ4v) is 1.10. The van der Waals surface area contributed by atoms with Crippen LogP contribution in [0, 0.1) is 0 Å². The van der Waals surface area contributed by atoms with Gasteiger partial charge >= 0.3 is 0 Å². The Hall–Kier alpha value is -0.830. The van der Waals surface area contributed by atoms with Crippen LogP contribution in [0.3, 0.4) is 0 Å². The molecule has 1 fully saturated rings. The Morgan fingerprint density at radius 3 is 1.88 bits per heavy atom. The van der Waals surface area contributed by atoms with E-state index in [9.17, 15) is 4.79 Å². The molecule has 0 radical (unpaired) electrons. The molecule has 0 saturated carbocycles. The molecule has 0 aliphatic carbocycles. The third-order valence-electron chi connectivity index (χ3n) is 2.22. The van der Waals surface area contributed by atoms with E-state index in [1.54, 1.807) is 7.05 Å². The molecule has 1 heterocycles. The fraction of sp³-hybridized carbons (Fsp3) is 0.786. The molecule has 104 valence electrons. The number of hydrogen-bond donors (Lipinski definition) is 1. The number of likely N-dealkylation sites (tertiary alicyclic amines) is 1. The normalized spacial score (nSPS) is 12.5. The largest absolute Gasteiger partial charge is 0.386 e. The third kappa shape index (κ3) is 13.1. The second kappa shape index (κ2) is 15.2. The molecule has 0 bridgehead atoms. The van der Waals surface area contributed by atoms with Crippen LogP contribution < -0.4 is 5.32 Å². The van der Waals surface area contributed by atoms with Crippen molar-refractivity contribution in [3.63, 3.8) is 0 Å². The van der Waals surface area contributed by atoms with Gasteiger partial charge in [-0.3, -0.25) is 4.79 Å². The second-order valence-electron chi connectivity index (χ2n) is 3.48. The molecule has 1 rings (SSSR count). The summed E-state index contributed by atoms with van der Waals surface area (Å²) < 4.78 is 0. The number of nitrogens with one attached hydrogen (secondary N) is 1. The molecule has 1 aliphatic heterocycles. The zero-order chi connectivity index (χ0) is 13.0. The van der Waals surface area contributed by atoms with Gasteiger partial charge in [0.2, 0.25) is 0 Å². The topological polar surface area (TPSA) is 32.3 Å². The van der Waals surface area contributed by atoms with Crippen LogP contribution in [0.4, 0.5) is 0 Å². The molecular formula is C14H32N2O. The Bertz CT molecular complexity index is 187. The molecule has 0 unspecified atom stereocenters. The van der Waals surface area contributed by atoms with E-state index < -0.39 is 0 Å². The lowest BCUT2D eigenvalue weighted by Crippen LogP contribution is -2.37. The molecule has 0 atom stereocenters. The summed E-state index contributed by atoms with van der Waals surface area (Å²) in [5, 5.41) is 2.62. The highest BCUT2D eigenvalue weighted by atomic mass is 16.1. The van der Waals surface area contributed by atoms with Crippen molar-refractivity contribution in [3.05, 3.63) is 12.3 Å². The number of carbonyl (C=O) groups excluding carboxylic acids is 1. The van der Waals surface area contributed by atoms with Gasteiger partial charge in [-0.1, -0.05) is 34.8 Å². The predicted octanol–water partition coefficient (Wildman–Crippen LogP) is 3.07. The number of carbonyl (C=O) groups is 1. The van der Waals surface area contributed by atoms with E-state index in [4.69, 9.17) is 0 Å². The number of hydrogen-bond acceptors (Lipinski definition) is 3. The van der Waals surface area contributed by atoms with Crippen molar-refractivity contribution in [1.82, 2.24) is 10.2 Å². The number of rotatable bonds is 4. The van der Waals surface area contributed by atoms with Crippen LogP contribution >= 0.6 is 0 Å². The van der Waals surface area contributed by atoms with E-state index in [0.717, 1.165) is 0 Å². The molecule has 3 heteroatoms. The van der Waals surface area contributed by atoms with Gasteiger partial charge in [0.05, 0.1) is 5.70 Å². The first-order chi connectivity index (χ1) is 7.61. The summed E-state index contributed by atoms with van der Waals surface area (Å²) in [6, 6.07) is 0. The highest BCUT2D eigenvalue weighted by molar-refractivity contribution is 5.91. The summed E-state index contributed by atoms with van der Waals surface area (Å²) in [4.78, 5) is 12.7. The standard InChI is InChI=1S/C6H13N.C5H9NO.C2H6.CH4/c1-2-4-7-5-3-6-7;1-4(6-3)5(2)7;1-2;/h2-6H2,1H3;6H,1H2,2-3H3;1-2H3;1H4. The van der Waals surface area contributed by atoms with Gasteiger partial charge in [-0.15, -0.1) is 0 Å². The Labute approximate surface area is 108 Å². The lowest BCUT2D eigenvalue weighted by Gasteiger charge is -2.29. The van der Waals surface area contributed by atoms with Crippen molar-refractivity contribution in [2.75, 3.05) is 26.7 Å². The zero-order valence-corrected chi connectivity index (χ0v) is 11.6. The van der Waals surface area contributed by atoms with Gasteiger partial charge in [-0.2, -0.15) is 0 Å². The van der Waals surface area contributed by atoms with E-state index in [0.29, 0.717) is 5.70 Å². The van der Waals surface area contributed by atoms with Gasteiger partial charge in [0.1, 0.15) is 0 Å². The summed E-state index contributed by atoms with van der Waals surface area (Å²) in [6.07, 6.45) is 2.75. The van der Waals surface area contributed by atoms with E-state index >= 15 is 0 Å². The van der Waals surface area contributed by atoms with E-state index in [1.165, 1.54) is 39.4 Å². The number of nitrogens with zero attached hydrogens (tertiary/aromatic N) is 1. The minimum atomic E-state index is -0.0116. The second-order valence-corrected chi connectivity index (χ2v) is 3.48. The number of ketones is 1. The van der Waals surface area contributed by atoms with E-state index in [2.05, 4.69) is 23.7 Å². The lowest BCUT2D eigenvalue weighted by molar-refractivity contribution is -0.113. The molecule has 0 aromatic carbocycles. The van der Waals surface area contributed by atoms with Crippen LogP contribution in [0.5, 0.6) is 0 Å². The first kappa shape index (κ1) is 21.5. The first-order valence-electron chi connectivity index (χ1n) is 6.21. The molecule has 1 saturated heterocycles. The Morgan fingerprint density at radius 2 is 1.82 bits per heavy atom. The summed E-state index contributed by atoms with van der Waals surface area (Å²) in [5.74, 6) is -0.0116. The molecule has 0 aromatic heterocycles. The molecule has 17 heavy (non-hydrogen) atoms.